The molecule has 6 nitrogen and oxygen atoms in total. The molecule has 0 atom stereocenters. The first-order valence-corrected chi connectivity index (χ1v) is 8.67. The Morgan fingerprint density at radius 2 is 1.67 bits per heavy atom. The number of carbonyl (C=O) groups excluding carboxylic acids is 2. The molecule has 2 aromatic carbocycles. The number of hydrogen-bond donors (Lipinski definition) is 0. The summed E-state index contributed by atoms with van der Waals surface area (Å²) >= 11 is 0. The minimum atomic E-state index is -0.517. The fourth-order valence-corrected chi connectivity index (χ4v) is 3.01. The van der Waals surface area contributed by atoms with Gasteiger partial charge in [-0.25, -0.2) is 9.18 Å². The highest BCUT2D eigenvalue weighted by Crippen LogP contribution is 2.21. The number of anilines is 1. The second kappa shape index (κ2) is 8.53. The molecule has 1 saturated heterocycles. The average molecular weight is 372 g/mol. The third kappa shape index (κ3) is 4.36. The van der Waals surface area contributed by atoms with Crippen LogP contribution >= 0.6 is 0 Å². The summed E-state index contributed by atoms with van der Waals surface area (Å²) in [6.07, 6.45) is 0. The lowest BCUT2D eigenvalue weighted by Gasteiger charge is -2.36. The smallest absolute Gasteiger partial charge is 0.341 e. The molecule has 2 aromatic rings. The Kier molecular flexibility index (Phi) is 5.90. The minimum Gasteiger partial charge on any atom is -0.483 e. The molecule has 0 radical (unpaired) electrons. The molecule has 7 heteroatoms. The van der Waals surface area contributed by atoms with E-state index in [0.29, 0.717) is 37.6 Å². The van der Waals surface area contributed by atoms with Crippen LogP contribution in [-0.4, -0.2) is 56.7 Å². The number of ether oxygens (including phenoxy) is 2. The van der Waals surface area contributed by atoms with E-state index in [9.17, 15) is 14.0 Å². The lowest BCUT2D eigenvalue weighted by molar-refractivity contribution is -0.133. The van der Waals surface area contributed by atoms with Crippen LogP contribution in [0.25, 0.3) is 0 Å². The molecule has 142 valence electrons. The lowest BCUT2D eigenvalue weighted by atomic mass is 10.2. The van der Waals surface area contributed by atoms with Gasteiger partial charge in [-0.15, -0.1) is 0 Å². The van der Waals surface area contributed by atoms with Crippen LogP contribution in [0.15, 0.2) is 48.5 Å². The molecule has 0 N–H and O–H groups in total. The second-order valence-corrected chi connectivity index (χ2v) is 6.10. The Morgan fingerprint density at radius 3 is 2.37 bits per heavy atom. The largest absolute Gasteiger partial charge is 0.483 e. The highest BCUT2D eigenvalue weighted by Gasteiger charge is 2.23. The van der Waals surface area contributed by atoms with Crippen molar-refractivity contribution >= 4 is 17.6 Å². The van der Waals surface area contributed by atoms with Gasteiger partial charge in [0.1, 0.15) is 17.1 Å². The summed E-state index contributed by atoms with van der Waals surface area (Å²) in [7, 11) is 1.29. The highest BCUT2D eigenvalue weighted by atomic mass is 19.1. The van der Waals surface area contributed by atoms with E-state index >= 15 is 0 Å². The van der Waals surface area contributed by atoms with Gasteiger partial charge in [0, 0.05) is 26.2 Å². The third-order valence-corrected chi connectivity index (χ3v) is 4.47. The van der Waals surface area contributed by atoms with Gasteiger partial charge in [-0.3, -0.25) is 4.79 Å². The maximum Gasteiger partial charge on any atom is 0.341 e. The summed E-state index contributed by atoms with van der Waals surface area (Å²) < 4.78 is 24.1. The number of carbonyl (C=O) groups is 2. The van der Waals surface area contributed by atoms with Gasteiger partial charge < -0.3 is 19.3 Å². The third-order valence-electron chi connectivity index (χ3n) is 4.47. The van der Waals surface area contributed by atoms with E-state index in [0.717, 1.165) is 0 Å². The molecule has 0 bridgehead atoms. The van der Waals surface area contributed by atoms with E-state index in [4.69, 9.17) is 9.47 Å². The Balaban J connectivity index is 1.55. The Labute approximate surface area is 157 Å². The molecule has 1 aliphatic rings. The quantitative estimate of drug-likeness (QED) is 0.754. The minimum absolute atomic E-state index is 0.173. The standard InChI is InChI=1S/C20H21FN2O4/c1-26-20(25)15-6-2-5-9-18(15)27-14-19(24)23-12-10-22(11-13-23)17-8-4-3-7-16(17)21/h2-9H,10-14H2,1H3. The predicted octanol–water partition coefficient (Wildman–Crippen LogP) is 2.34. The van der Waals surface area contributed by atoms with Gasteiger partial charge >= 0.3 is 5.97 Å². The lowest BCUT2D eigenvalue weighted by Crippen LogP contribution is -2.50. The summed E-state index contributed by atoms with van der Waals surface area (Å²) in [4.78, 5) is 27.8. The fraction of sp³-hybridized carbons (Fsp3) is 0.300. The van der Waals surface area contributed by atoms with Crippen molar-refractivity contribution in [2.24, 2.45) is 0 Å². The van der Waals surface area contributed by atoms with Crippen molar-refractivity contribution in [1.29, 1.82) is 0 Å². The van der Waals surface area contributed by atoms with Gasteiger partial charge in [0.15, 0.2) is 6.61 Å². The van der Waals surface area contributed by atoms with E-state index in [-0.39, 0.29) is 23.9 Å². The monoisotopic (exact) mass is 372 g/mol. The topological polar surface area (TPSA) is 59.1 Å². The molecular weight excluding hydrogens is 351 g/mol. The molecular formula is C20H21FN2O4. The van der Waals surface area contributed by atoms with E-state index in [1.54, 1.807) is 47.4 Å². The zero-order chi connectivity index (χ0) is 19.2. The van der Waals surface area contributed by atoms with Gasteiger partial charge in [-0.05, 0) is 24.3 Å². The van der Waals surface area contributed by atoms with Crippen molar-refractivity contribution in [2.75, 3.05) is 44.8 Å². The molecule has 0 saturated carbocycles. The Hall–Kier alpha value is -3.09. The number of amides is 1. The van der Waals surface area contributed by atoms with Crippen LogP contribution in [-0.2, 0) is 9.53 Å². The van der Waals surface area contributed by atoms with E-state index in [1.165, 1.54) is 13.2 Å². The van der Waals surface area contributed by atoms with Crippen LogP contribution in [0.1, 0.15) is 10.4 Å². The molecule has 3 rings (SSSR count). The Bertz CT molecular complexity index is 819. The maximum absolute atomic E-state index is 13.9. The molecule has 0 spiro atoms. The highest BCUT2D eigenvalue weighted by molar-refractivity contribution is 5.92. The van der Waals surface area contributed by atoms with Crippen molar-refractivity contribution in [1.82, 2.24) is 4.90 Å². The van der Waals surface area contributed by atoms with E-state index < -0.39 is 5.97 Å². The number of rotatable bonds is 5. The van der Waals surface area contributed by atoms with Gasteiger partial charge in [0.25, 0.3) is 5.91 Å². The van der Waals surface area contributed by atoms with Crippen LogP contribution in [0.3, 0.4) is 0 Å². The van der Waals surface area contributed by atoms with Crippen molar-refractivity contribution in [3.63, 3.8) is 0 Å². The molecule has 27 heavy (non-hydrogen) atoms. The number of methoxy groups -OCH3 is 1. The van der Waals surface area contributed by atoms with Crippen LogP contribution < -0.4 is 9.64 Å². The zero-order valence-corrected chi connectivity index (χ0v) is 15.1. The maximum atomic E-state index is 13.9. The number of esters is 1. The van der Waals surface area contributed by atoms with Crippen LogP contribution in [0, 0.1) is 5.82 Å². The van der Waals surface area contributed by atoms with E-state index in [2.05, 4.69) is 0 Å². The number of nitrogens with zero attached hydrogens (tertiary/aromatic N) is 2. The summed E-state index contributed by atoms with van der Waals surface area (Å²) in [5.41, 5.74) is 0.824. The van der Waals surface area contributed by atoms with Crippen molar-refractivity contribution in [3.05, 3.63) is 59.9 Å². The number of hydrogen-bond acceptors (Lipinski definition) is 5. The normalized spacial score (nSPS) is 14.0. The van der Waals surface area contributed by atoms with Crippen LogP contribution in [0.4, 0.5) is 10.1 Å². The molecule has 0 unspecified atom stereocenters. The first-order valence-electron chi connectivity index (χ1n) is 8.67. The first-order chi connectivity index (χ1) is 13.1. The van der Waals surface area contributed by atoms with Crippen molar-refractivity contribution in [2.45, 2.75) is 0 Å². The summed E-state index contributed by atoms with van der Waals surface area (Å²) in [6, 6.07) is 13.2. The van der Waals surface area contributed by atoms with Gasteiger partial charge in [-0.2, -0.15) is 0 Å². The summed E-state index contributed by atoms with van der Waals surface area (Å²) in [6.45, 7) is 1.88. The molecule has 1 amide bonds. The van der Waals surface area contributed by atoms with Gasteiger partial charge in [0.05, 0.1) is 12.8 Å². The zero-order valence-electron chi connectivity index (χ0n) is 15.1. The first kappa shape index (κ1) is 18.7. The summed E-state index contributed by atoms with van der Waals surface area (Å²) in [5.74, 6) is -0.651. The average Bonchev–Trinajstić information content (AvgIpc) is 2.72. The van der Waals surface area contributed by atoms with Gasteiger partial charge in [0.2, 0.25) is 0 Å². The van der Waals surface area contributed by atoms with Crippen molar-refractivity contribution in [3.8, 4) is 5.75 Å². The number of piperazine rings is 1. The molecule has 0 aromatic heterocycles. The molecule has 1 heterocycles. The van der Waals surface area contributed by atoms with Crippen LogP contribution in [0.2, 0.25) is 0 Å². The summed E-state index contributed by atoms with van der Waals surface area (Å²) in [5, 5.41) is 0. The predicted molar refractivity (Wildman–Crippen MR) is 98.5 cm³/mol. The number of benzene rings is 2. The number of para-hydroxylation sites is 2. The van der Waals surface area contributed by atoms with E-state index in [1.807, 2.05) is 4.90 Å². The molecule has 0 aliphatic carbocycles. The Morgan fingerprint density at radius 1 is 1.00 bits per heavy atom. The number of halogens is 1. The van der Waals surface area contributed by atoms with Crippen molar-refractivity contribution < 1.29 is 23.5 Å². The van der Waals surface area contributed by atoms with Gasteiger partial charge in [-0.1, -0.05) is 24.3 Å². The second-order valence-electron chi connectivity index (χ2n) is 6.10. The molecule has 1 fully saturated rings. The fourth-order valence-electron chi connectivity index (χ4n) is 3.01. The van der Waals surface area contributed by atoms with Crippen LogP contribution in [0.5, 0.6) is 5.75 Å². The SMILES string of the molecule is COC(=O)c1ccccc1OCC(=O)N1CCN(c2ccccc2F)CC1. The molecule has 1 aliphatic heterocycles.